The molecule has 5 rings (SSSR count). The van der Waals surface area contributed by atoms with E-state index in [4.69, 9.17) is 25.7 Å². The van der Waals surface area contributed by atoms with Gasteiger partial charge in [-0.05, 0) is 50.6 Å². The fourth-order valence-electron chi connectivity index (χ4n) is 4.48. The Morgan fingerprint density at radius 2 is 2.05 bits per heavy atom. The van der Waals surface area contributed by atoms with Gasteiger partial charge in [0.25, 0.3) is 5.91 Å². The molecule has 0 unspecified atom stereocenters. The van der Waals surface area contributed by atoms with Gasteiger partial charge >= 0.3 is 0 Å². The van der Waals surface area contributed by atoms with Crippen molar-refractivity contribution in [1.29, 1.82) is 0 Å². The van der Waals surface area contributed by atoms with E-state index in [2.05, 4.69) is 20.4 Å². The second-order valence-corrected chi connectivity index (χ2v) is 9.46. The highest BCUT2D eigenvalue weighted by Crippen LogP contribution is 2.34. The van der Waals surface area contributed by atoms with Crippen LogP contribution in [-0.4, -0.2) is 30.6 Å². The summed E-state index contributed by atoms with van der Waals surface area (Å²) in [5.74, 6) is 0.659. The van der Waals surface area contributed by atoms with Gasteiger partial charge in [0.1, 0.15) is 36.3 Å². The number of halogens is 2. The maximum Gasteiger partial charge on any atom is 0.273 e. The van der Waals surface area contributed by atoms with Gasteiger partial charge < -0.3 is 14.5 Å². The Kier molecular flexibility index (Phi) is 7.30. The third-order valence-corrected chi connectivity index (χ3v) is 6.66. The van der Waals surface area contributed by atoms with Crippen molar-refractivity contribution in [3.8, 4) is 17.1 Å². The number of carbonyl (C=O) groups is 1. The number of oxazole rings is 1. The lowest BCUT2D eigenvalue weighted by molar-refractivity contribution is 0.0934. The minimum Gasteiger partial charge on any atom is -0.487 e. The Morgan fingerprint density at radius 1 is 1.23 bits per heavy atom. The number of pyridine rings is 1. The first-order valence-electron chi connectivity index (χ1n) is 12.4. The lowest BCUT2D eigenvalue weighted by Gasteiger charge is -2.20. The molecule has 0 aliphatic rings. The summed E-state index contributed by atoms with van der Waals surface area (Å²) < 4.78 is 27.6. The van der Waals surface area contributed by atoms with Gasteiger partial charge in [0.05, 0.1) is 11.1 Å². The topological polar surface area (TPSA) is 108 Å². The number of benzene rings is 2. The molecule has 0 aliphatic heterocycles. The lowest BCUT2D eigenvalue weighted by atomic mass is 10.0. The van der Waals surface area contributed by atoms with Crippen LogP contribution >= 0.6 is 11.6 Å². The van der Waals surface area contributed by atoms with Gasteiger partial charge in [0.2, 0.25) is 0 Å². The van der Waals surface area contributed by atoms with Gasteiger partial charge in [-0.25, -0.2) is 24.0 Å². The van der Waals surface area contributed by atoms with Crippen molar-refractivity contribution in [2.75, 3.05) is 0 Å². The van der Waals surface area contributed by atoms with Crippen LogP contribution in [0.4, 0.5) is 4.39 Å². The molecule has 200 valence electrons. The molecule has 39 heavy (non-hydrogen) atoms. The zero-order valence-electron chi connectivity index (χ0n) is 21.8. The molecule has 2 aromatic carbocycles. The monoisotopic (exact) mass is 548 g/mol. The average Bonchev–Trinajstić information content (AvgIpc) is 3.56. The largest absolute Gasteiger partial charge is 0.487 e. The highest BCUT2D eigenvalue weighted by molar-refractivity contribution is 6.31. The smallest absolute Gasteiger partial charge is 0.273 e. The lowest BCUT2D eigenvalue weighted by Crippen LogP contribution is -2.28. The van der Waals surface area contributed by atoms with E-state index in [1.54, 1.807) is 13.8 Å². The van der Waals surface area contributed by atoms with E-state index in [1.807, 2.05) is 42.8 Å². The summed E-state index contributed by atoms with van der Waals surface area (Å²) >= 11 is 6.48. The van der Waals surface area contributed by atoms with Gasteiger partial charge in [-0.2, -0.15) is 5.10 Å². The van der Waals surface area contributed by atoms with Crippen LogP contribution in [0.25, 0.3) is 22.3 Å². The first-order valence-corrected chi connectivity index (χ1v) is 12.7. The molecule has 0 spiro atoms. The zero-order chi connectivity index (χ0) is 27.7. The highest BCUT2D eigenvalue weighted by atomic mass is 35.5. The van der Waals surface area contributed by atoms with Crippen molar-refractivity contribution in [3.63, 3.8) is 0 Å². The predicted octanol–water partition coefficient (Wildman–Crippen LogP) is 5.98. The Balaban J connectivity index is 1.47. The molecule has 5 aromatic rings. The number of hydrogen-bond donors (Lipinski definition) is 1. The SMILES string of the molecule is CCn1ncnc1-c1cc(C)nc2c(OCc3c(Cl)cc(F)cc3[C@H](C)NC(=O)c3coc(C)n3)cccc12. The van der Waals surface area contributed by atoms with Crippen LogP contribution in [-0.2, 0) is 13.2 Å². The molecular formula is C28H26ClFN6O3. The molecule has 0 saturated carbocycles. The minimum atomic E-state index is -0.596. The summed E-state index contributed by atoms with van der Waals surface area (Å²) in [4.78, 5) is 25.9. The molecule has 9 nitrogen and oxygen atoms in total. The molecule has 0 bridgehead atoms. The number of nitrogens with zero attached hydrogens (tertiary/aromatic N) is 5. The van der Waals surface area contributed by atoms with E-state index < -0.39 is 17.8 Å². The number of ether oxygens (including phenoxy) is 1. The number of rotatable bonds is 8. The molecule has 1 N–H and O–H groups in total. The van der Waals surface area contributed by atoms with Gasteiger partial charge in [-0.3, -0.25) is 4.79 Å². The van der Waals surface area contributed by atoms with Crippen molar-refractivity contribution in [2.24, 2.45) is 0 Å². The molecule has 0 saturated heterocycles. The molecule has 1 atom stereocenters. The number of carbonyl (C=O) groups excluding carboxylic acids is 1. The van der Waals surface area contributed by atoms with E-state index in [0.717, 1.165) is 22.5 Å². The van der Waals surface area contributed by atoms with E-state index in [1.165, 1.54) is 24.7 Å². The predicted molar refractivity (Wildman–Crippen MR) is 144 cm³/mol. The minimum absolute atomic E-state index is 0.0208. The number of aryl methyl sites for hydroxylation is 3. The van der Waals surface area contributed by atoms with Crippen LogP contribution < -0.4 is 10.1 Å². The van der Waals surface area contributed by atoms with Crippen LogP contribution in [0, 0.1) is 19.7 Å². The van der Waals surface area contributed by atoms with Gasteiger partial charge in [-0.1, -0.05) is 23.7 Å². The fraction of sp³-hybridized carbons (Fsp3) is 0.250. The Morgan fingerprint density at radius 3 is 2.79 bits per heavy atom. The molecule has 0 aliphatic carbocycles. The molecule has 11 heteroatoms. The summed E-state index contributed by atoms with van der Waals surface area (Å²) in [5, 5.41) is 8.16. The quantitative estimate of drug-likeness (QED) is 0.254. The average molecular weight is 549 g/mol. The van der Waals surface area contributed by atoms with E-state index in [-0.39, 0.29) is 17.3 Å². The van der Waals surface area contributed by atoms with Crippen LogP contribution in [0.2, 0.25) is 5.02 Å². The van der Waals surface area contributed by atoms with E-state index in [9.17, 15) is 9.18 Å². The number of amides is 1. The van der Waals surface area contributed by atoms with Crippen molar-refractivity contribution >= 4 is 28.4 Å². The molecule has 3 heterocycles. The second-order valence-electron chi connectivity index (χ2n) is 9.05. The number of para-hydroxylation sites is 1. The maximum absolute atomic E-state index is 14.4. The molecule has 3 aromatic heterocycles. The van der Waals surface area contributed by atoms with Crippen LogP contribution in [0.3, 0.4) is 0 Å². The number of hydrogen-bond acceptors (Lipinski definition) is 7. The fourth-order valence-corrected chi connectivity index (χ4v) is 4.75. The number of nitrogens with one attached hydrogen (secondary N) is 1. The molecule has 1 amide bonds. The Bertz CT molecular complexity index is 1680. The van der Waals surface area contributed by atoms with Crippen molar-refractivity contribution < 1.29 is 18.3 Å². The van der Waals surface area contributed by atoms with E-state index in [0.29, 0.717) is 34.8 Å². The summed E-state index contributed by atoms with van der Waals surface area (Å²) in [6.07, 6.45) is 2.80. The summed E-state index contributed by atoms with van der Waals surface area (Å²) in [6.45, 7) is 7.98. The molecular weight excluding hydrogens is 523 g/mol. The van der Waals surface area contributed by atoms with Crippen molar-refractivity contribution in [3.05, 3.63) is 88.2 Å². The normalized spacial score (nSPS) is 12.1. The third kappa shape index (κ3) is 5.33. The molecule has 0 radical (unpaired) electrons. The standard InChI is InChI=1S/C28H26ClFN6O3/c1-5-36-27(31-14-32-36)21-9-15(2)33-26-19(21)7-6-8-25(26)39-12-22-20(10-18(30)11-23(22)29)16(3)34-28(37)24-13-38-17(4)35-24/h6-11,13-14,16H,5,12H2,1-4H3,(H,34,37)/t16-/m0/s1. The van der Waals surface area contributed by atoms with Gasteiger partial charge in [0.15, 0.2) is 17.4 Å². The van der Waals surface area contributed by atoms with Crippen LogP contribution in [0.1, 0.15) is 53.1 Å². The van der Waals surface area contributed by atoms with Crippen molar-refractivity contribution in [2.45, 2.75) is 46.9 Å². The Labute approximate surface area is 229 Å². The third-order valence-electron chi connectivity index (χ3n) is 6.32. The van der Waals surface area contributed by atoms with Gasteiger partial charge in [0, 0.05) is 35.7 Å². The maximum atomic E-state index is 14.4. The van der Waals surface area contributed by atoms with Crippen molar-refractivity contribution in [1.82, 2.24) is 30.0 Å². The molecule has 0 fully saturated rings. The van der Waals surface area contributed by atoms with Crippen LogP contribution in [0.5, 0.6) is 5.75 Å². The second kappa shape index (κ2) is 10.8. The highest BCUT2D eigenvalue weighted by Gasteiger charge is 2.21. The zero-order valence-corrected chi connectivity index (χ0v) is 22.6. The summed E-state index contributed by atoms with van der Waals surface area (Å²) in [6, 6.07) is 9.58. The summed E-state index contributed by atoms with van der Waals surface area (Å²) in [7, 11) is 0. The number of fused-ring (bicyclic) bond motifs is 1. The summed E-state index contributed by atoms with van der Waals surface area (Å²) in [5.41, 5.74) is 3.49. The van der Waals surface area contributed by atoms with Gasteiger partial charge in [-0.15, -0.1) is 0 Å². The Hall–Kier alpha value is -4.31. The first kappa shape index (κ1) is 26.3. The number of aromatic nitrogens is 5. The van der Waals surface area contributed by atoms with Crippen LogP contribution in [0.15, 0.2) is 53.4 Å². The van der Waals surface area contributed by atoms with E-state index >= 15 is 0 Å². The first-order chi connectivity index (χ1) is 18.7.